The molecule has 2 N–H and O–H groups in total. The molecule has 7 nitrogen and oxygen atoms in total. The molecular formula is C25H26F3N3O4S. The number of benzene rings is 1. The number of furan rings is 1. The van der Waals surface area contributed by atoms with Crippen LogP contribution in [0.15, 0.2) is 64.6 Å². The number of nitrogens with zero attached hydrogens (tertiary/aromatic N) is 1. The summed E-state index contributed by atoms with van der Waals surface area (Å²) in [5.74, 6) is -1.92. The third kappa shape index (κ3) is 6.54. The molecule has 0 bridgehead atoms. The van der Waals surface area contributed by atoms with Crippen molar-refractivity contribution in [3.63, 3.8) is 0 Å². The summed E-state index contributed by atoms with van der Waals surface area (Å²) < 4.78 is 45.9. The number of nitrogens with one attached hydrogen (secondary N) is 2. The lowest BCUT2D eigenvalue weighted by molar-refractivity contribution is -0.137. The van der Waals surface area contributed by atoms with E-state index in [2.05, 4.69) is 10.6 Å². The van der Waals surface area contributed by atoms with Crippen molar-refractivity contribution < 1.29 is 32.0 Å². The molecule has 0 aliphatic carbocycles. The number of carbonyl (C=O) groups excluding carboxylic acids is 3. The molecule has 0 saturated heterocycles. The Morgan fingerprint density at radius 3 is 2.42 bits per heavy atom. The molecule has 3 amide bonds. The summed E-state index contributed by atoms with van der Waals surface area (Å²) in [4.78, 5) is 40.6. The number of thiophene rings is 1. The third-order valence-corrected chi connectivity index (χ3v) is 6.40. The summed E-state index contributed by atoms with van der Waals surface area (Å²) in [6.45, 7) is 4.86. The van der Waals surface area contributed by atoms with Gasteiger partial charge in [0.2, 0.25) is 5.91 Å². The van der Waals surface area contributed by atoms with E-state index in [0.717, 1.165) is 23.1 Å². The first-order chi connectivity index (χ1) is 16.9. The second-order valence-corrected chi connectivity index (χ2v) is 9.56. The Hall–Kier alpha value is -3.60. The molecule has 0 spiro atoms. The zero-order chi connectivity index (χ0) is 26.5. The highest BCUT2D eigenvalue weighted by Crippen LogP contribution is 2.35. The van der Waals surface area contributed by atoms with Crippen LogP contribution in [0.1, 0.15) is 54.2 Å². The van der Waals surface area contributed by atoms with E-state index in [0.29, 0.717) is 11.3 Å². The molecule has 1 aromatic carbocycles. The number of hydrogen-bond donors (Lipinski definition) is 2. The third-order valence-electron chi connectivity index (χ3n) is 5.53. The van der Waals surface area contributed by atoms with Crippen LogP contribution in [0.2, 0.25) is 0 Å². The van der Waals surface area contributed by atoms with Crippen LogP contribution in [0.4, 0.5) is 18.9 Å². The fourth-order valence-electron chi connectivity index (χ4n) is 3.32. The molecule has 192 valence electrons. The Morgan fingerprint density at radius 2 is 1.83 bits per heavy atom. The monoisotopic (exact) mass is 521 g/mol. The molecule has 0 radical (unpaired) electrons. The lowest BCUT2D eigenvalue weighted by Gasteiger charge is -2.33. The summed E-state index contributed by atoms with van der Waals surface area (Å²) in [6.07, 6.45) is -2.82. The minimum atomic E-state index is -4.68. The fraction of sp³-hybridized carbons (Fsp3) is 0.320. The van der Waals surface area contributed by atoms with Gasteiger partial charge in [-0.15, -0.1) is 11.3 Å². The molecule has 0 saturated carbocycles. The van der Waals surface area contributed by atoms with Gasteiger partial charge in [0.1, 0.15) is 5.76 Å². The number of carbonyl (C=O) groups is 3. The second kappa shape index (κ2) is 11.0. The first-order valence-corrected chi connectivity index (χ1v) is 12.0. The van der Waals surface area contributed by atoms with Gasteiger partial charge in [0.25, 0.3) is 11.8 Å². The van der Waals surface area contributed by atoms with Gasteiger partial charge in [0, 0.05) is 11.2 Å². The van der Waals surface area contributed by atoms with Gasteiger partial charge in [0.15, 0.2) is 6.04 Å². The Kier molecular flexibility index (Phi) is 8.24. The summed E-state index contributed by atoms with van der Waals surface area (Å²) in [7, 11) is 0. The van der Waals surface area contributed by atoms with Gasteiger partial charge >= 0.3 is 6.18 Å². The van der Waals surface area contributed by atoms with E-state index < -0.39 is 47.6 Å². The van der Waals surface area contributed by atoms with Crippen molar-refractivity contribution in [2.75, 3.05) is 11.4 Å². The number of hydrogen-bond acceptors (Lipinski definition) is 5. The molecule has 11 heteroatoms. The molecular weight excluding hydrogens is 495 g/mol. The van der Waals surface area contributed by atoms with Crippen LogP contribution in [0.3, 0.4) is 0 Å². The van der Waals surface area contributed by atoms with Crippen molar-refractivity contribution in [2.45, 2.75) is 44.9 Å². The normalized spacial score (nSPS) is 12.6. The van der Waals surface area contributed by atoms with Crippen molar-refractivity contribution in [2.24, 2.45) is 0 Å². The van der Waals surface area contributed by atoms with E-state index in [4.69, 9.17) is 4.42 Å². The molecule has 3 aromatic rings. The lowest BCUT2D eigenvalue weighted by atomic mass is 10.0. The number of rotatable bonds is 9. The van der Waals surface area contributed by atoms with E-state index in [1.807, 2.05) is 6.92 Å². The molecule has 2 heterocycles. The Morgan fingerprint density at radius 1 is 1.08 bits per heavy atom. The highest BCUT2D eigenvalue weighted by Gasteiger charge is 2.38. The highest BCUT2D eigenvalue weighted by atomic mass is 32.1. The average Bonchev–Trinajstić information content (AvgIpc) is 3.54. The molecule has 0 aliphatic heterocycles. The van der Waals surface area contributed by atoms with Gasteiger partial charge in [-0.1, -0.05) is 19.1 Å². The van der Waals surface area contributed by atoms with E-state index in [1.54, 1.807) is 31.4 Å². The zero-order valence-corrected chi connectivity index (χ0v) is 20.7. The van der Waals surface area contributed by atoms with Gasteiger partial charge in [-0.2, -0.15) is 13.2 Å². The van der Waals surface area contributed by atoms with E-state index >= 15 is 0 Å². The first kappa shape index (κ1) is 27.0. The summed E-state index contributed by atoms with van der Waals surface area (Å²) >= 11 is 1.17. The minimum Gasteiger partial charge on any atom is -0.467 e. The molecule has 0 aliphatic rings. The predicted molar refractivity (Wildman–Crippen MR) is 130 cm³/mol. The van der Waals surface area contributed by atoms with Crippen LogP contribution >= 0.6 is 11.3 Å². The van der Waals surface area contributed by atoms with Crippen molar-refractivity contribution >= 4 is 34.7 Å². The van der Waals surface area contributed by atoms with Crippen LogP contribution in [-0.4, -0.2) is 29.8 Å². The molecule has 0 fully saturated rings. The van der Waals surface area contributed by atoms with Crippen molar-refractivity contribution in [3.05, 3.63) is 76.4 Å². The van der Waals surface area contributed by atoms with Crippen LogP contribution < -0.4 is 15.5 Å². The van der Waals surface area contributed by atoms with Gasteiger partial charge in [-0.05, 0) is 62.0 Å². The Labute approximate surface area is 210 Å². The summed E-state index contributed by atoms with van der Waals surface area (Å²) in [5, 5.41) is 7.00. The fourth-order valence-corrected chi connectivity index (χ4v) is 3.96. The molecule has 3 rings (SSSR count). The van der Waals surface area contributed by atoms with Gasteiger partial charge in [-0.25, -0.2) is 0 Å². The van der Waals surface area contributed by atoms with Crippen molar-refractivity contribution in [1.29, 1.82) is 0 Å². The number of alkyl halides is 3. The minimum absolute atomic E-state index is 0.0507. The second-order valence-electron chi connectivity index (χ2n) is 8.62. The predicted octanol–water partition coefficient (Wildman–Crippen LogP) is 5.17. The van der Waals surface area contributed by atoms with Gasteiger partial charge in [0.05, 0.1) is 23.2 Å². The van der Waals surface area contributed by atoms with Crippen LogP contribution in [0.25, 0.3) is 0 Å². The van der Waals surface area contributed by atoms with E-state index in [1.165, 1.54) is 35.8 Å². The SMILES string of the molecule is CCC(C)(C)NC(=O)[C@@H](c1ccco1)N(C(=O)CNC(=O)c1cccs1)c1cccc(C(F)(F)F)c1. The van der Waals surface area contributed by atoms with Gasteiger partial charge < -0.3 is 15.1 Å². The summed E-state index contributed by atoms with van der Waals surface area (Å²) in [6, 6.07) is 8.87. The van der Waals surface area contributed by atoms with E-state index in [-0.39, 0.29) is 11.4 Å². The maximum absolute atomic E-state index is 13.5. The smallest absolute Gasteiger partial charge is 0.416 e. The zero-order valence-electron chi connectivity index (χ0n) is 19.9. The molecule has 2 aromatic heterocycles. The molecule has 36 heavy (non-hydrogen) atoms. The van der Waals surface area contributed by atoms with Crippen LogP contribution in [0.5, 0.6) is 0 Å². The Bertz CT molecular complexity index is 1190. The molecule has 1 atom stereocenters. The highest BCUT2D eigenvalue weighted by molar-refractivity contribution is 7.12. The van der Waals surface area contributed by atoms with Crippen molar-refractivity contribution in [3.8, 4) is 0 Å². The average molecular weight is 522 g/mol. The topological polar surface area (TPSA) is 91.7 Å². The largest absolute Gasteiger partial charge is 0.467 e. The van der Waals surface area contributed by atoms with Crippen LogP contribution in [-0.2, 0) is 15.8 Å². The van der Waals surface area contributed by atoms with Crippen LogP contribution in [0, 0.1) is 0 Å². The van der Waals surface area contributed by atoms with Crippen molar-refractivity contribution in [1.82, 2.24) is 10.6 Å². The number of amides is 3. The maximum atomic E-state index is 13.5. The number of halogens is 3. The standard InChI is InChI=1S/C25H26F3N3O4S/c1-4-24(2,3)30-23(34)21(18-10-6-12-35-18)31(17-9-5-8-16(14-17)25(26,27)28)20(32)15-29-22(33)19-11-7-13-36-19/h5-14,21H,4,15H2,1-3H3,(H,29,33)(H,30,34)/t21-/m1/s1. The molecule has 0 unspecified atom stereocenters. The van der Waals surface area contributed by atoms with E-state index in [9.17, 15) is 27.6 Å². The first-order valence-electron chi connectivity index (χ1n) is 11.1. The Balaban J connectivity index is 2.04. The lowest BCUT2D eigenvalue weighted by Crippen LogP contribution is -2.52. The maximum Gasteiger partial charge on any atom is 0.416 e. The summed E-state index contributed by atoms with van der Waals surface area (Å²) in [5.41, 5.74) is -1.84. The van der Waals surface area contributed by atoms with Gasteiger partial charge in [-0.3, -0.25) is 19.3 Å². The number of anilines is 1. The quantitative estimate of drug-likeness (QED) is 0.407.